The molecule has 114 valence electrons. The smallest absolute Gasteiger partial charge is 0.264 e. The first-order valence-electron chi connectivity index (χ1n) is 6.70. The van der Waals surface area contributed by atoms with Gasteiger partial charge in [-0.05, 0) is 25.5 Å². The molecule has 2 amide bonds. The van der Waals surface area contributed by atoms with Crippen LogP contribution in [-0.2, 0) is 9.59 Å². The summed E-state index contributed by atoms with van der Waals surface area (Å²) in [6, 6.07) is 2.25. The Hall–Kier alpha value is -2.41. The van der Waals surface area contributed by atoms with E-state index in [0.717, 1.165) is 0 Å². The van der Waals surface area contributed by atoms with Gasteiger partial charge in [0.1, 0.15) is 11.9 Å². The maximum absolute atomic E-state index is 12.7. The summed E-state index contributed by atoms with van der Waals surface area (Å²) in [6.07, 6.45) is 0.433. The Labute approximate surface area is 130 Å². The van der Waals surface area contributed by atoms with Crippen molar-refractivity contribution in [1.29, 1.82) is 0 Å². The average molecular weight is 321 g/mol. The lowest BCUT2D eigenvalue weighted by molar-refractivity contribution is -0.135. The van der Waals surface area contributed by atoms with E-state index in [2.05, 4.69) is 10.3 Å². The number of hydrogen-bond donors (Lipinski definition) is 2. The molecule has 0 radical (unpaired) electrons. The third-order valence-electron chi connectivity index (χ3n) is 3.70. The van der Waals surface area contributed by atoms with Crippen LogP contribution in [0.3, 0.4) is 0 Å². The highest BCUT2D eigenvalue weighted by Crippen LogP contribution is 2.24. The minimum absolute atomic E-state index is 0.177. The highest BCUT2D eigenvalue weighted by atomic mass is 35.5. The first-order valence-corrected chi connectivity index (χ1v) is 7.08. The maximum atomic E-state index is 12.7. The number of halogens is 1. The van der Waals surface area contributed by atoms with E-state index in [0.29, 0.717) is 16.4 Å². The SMILES string of the molecule is Cc1nc2cc(Cl)cc(N)c2c(=O)n1[C@H]1CCC(=O)NC1=O. The van der Waals surface area contributed by atoms with Gasteiger partial charge in [-0.3, -0.25) is 24.3 Å². The van der Waals surface area contributed by atoms with E-state index < -0.39 is 17.5 Å². The molecule has 1 atom stereocenters. The number of piperidine rings is 1. The van der Waals surface area contributed by atoms with Crippen LogP contribution < -0.4 is 16.6 Å². The molecule has 7 nitrogen and oxygen atoms in total. The van der Waals surface area contributed by atoms with Crippen molar-refractivity contribution in [1.82, 2.24) is 14.9 Å². The maximum Gasteiger partial charge on any atom is 0.264 e. The van der Waals surface area contributed by atoms with Crippen LogP contribution >= 0.6 is 11.6 Å². The Kier molecular flexibility index (Phi) is 3.37. The van der Waals surface area contributed by atoms with Gasteiger partial charge < -0.3 is 5.73 Å². The molecule has 1 fully saturated rings. The normalized spacial score (nSPS) is 18.5. The molecule has 1 aromatic carbocycles. The topological polar surface area (TPSA) is 107 Å². The molecule has 2 aromatic rings. The highest BCUT2D eigenvalue weighted by Gasteiger charge is 2.30. The van der Waals surface area contributed by atoms with Crippen molar-refractivity contribution in [2.24, 2.45) is 0 Å². The monoisotopic (exact) mass is 320 g/mol. The lowest BCUT2D eigenvalue weighted by atomic mass is 10.1. The van der Waals surface area contributed by atoms with Crippen LogP contribution in [0.25, 0.3) is 10.9 Å². The summed E-state index contributed by atoms with van der Waals surface area (Å²) in [6.45, 7) is 1.63. The van der Waals surface area contributed by atoms with E-state index in [9.17, 15) is 14.4 Å². The van der Waals surface area contributed by atoms with Crippen molar-refractivity contribution < 1.29 is 9.59 Å². The lowest BCUT2D eigenvalue weighted by Gasteiger charge is -2.24. The Morgan fingerprint density at radius 3 is 2.77 bits per heavy atom. The van der Waals surface area contributed by atoms with Gasteiger partial charge in [0.25, 0.3) is 5.56 Å². The number of carbonyl (C=O) groups excluding carboxylic acids is 2. The Morgan fingerprint density at radius 2 is 2.09 bits per heavy atom. The van der Waals surface area contributed by atoms with Crippen molar-refractivity contribution >= 4 is 40.0 Å². The van der Waals surface area contributed by atoms with Gasteiger partial charge in [0.05, 0.1) is 10.9 Å². The van der Waals surface area contributed by atoms with Gasteiger partial charge in [0, 0.05) is 17.1 Å². The van der Waals surface area contributed by atoms with Gasteiger partial charge in [-0.2, -0.15) is 0 Å². The minimum Gasteiger partial charge on any atom is -0.398 e. The number of rotatable bonds is 1. The Balaban J connectivity index is 2.25. The summed E-state index contributed by atoms with van der Waals surface area (Å²) >= 11 is 5.93. The zero-order valence-electron chi connectivity index (χ0n) is 11.7. The molecule has 2 heterocycles. The number of hydrogen-bond acceptors (Lipinski definition) is 5. The number of nitrogen functional groups attached to an aromatic ring is 1. The van der Waals surface area contributed by atoms with Gasteiger partial charge >= 0.3 is 0 Å². The number of aromatic nitrogens is 2. The second-order valence-corrected chi connectivity index (χ2v) is 5.63. The first kappa shape index (κ1) is 14.5. The van der Waals surface area contributed by atoms with Crippen molar-refractivity contribution in [3.05, 3.63) is 33.3 Å². The Morgan fingerprint density at radius 1 is 1.36 bits per heavy atom. The lowest BCUT2D eigenvalue weighted by Crippen LogP contribution is -2.45. The molecule has 8 heteroatoms. The van der Waals surface area contributed by atoms with Crippen LogP contribution in [-0.4, -0.2) is 21.4 Å². The molecule has 0 bridgehead atoms. The van der Waals surface area contributed by atoms with Gasteiger partial charge in [-0.25, -0.2) is 4.98 Å². The number of carbonyl (C=O) groups is 2. The summed E-state index contributed by atoms with van der Waals surface area (Å²) in [5, 5.41) is 2.84. The van der Waals surface area contributed by atoms with Crippen LogP contribution in [0.2, 0.25) is 5.02 Å². The molecule has 1 aliphatic heterocycles. The molecule has 1 saturated heterocycles. The fourth-order valence-corrected chi connectivity index (χ4v) is 2.95. The summed E-state index contributed by atoms with van der Waals surface area (Å²) < 4.78 is 1.29. The summed E-state index contributed by atoms with van der Waals surface area (Å²) in [7, 11) is 0. The molecular formula is C14H13ClN4O3. The Bertz CT molecular complexity index is 874. The van der Waals surface area contributed by atoms with Gasteiger partial charge in [-0.1, -0.05) is 11.6 Å². The molecular weight excluding hydrogens is 308 g/mol. The number of imide groups is 1. The van der Waals surface area contributed by atoms with Crippen LogP contribution in [0.5, 0.6) is 0 Å². The van der Waals surface area contributed by atoms with Crippen LogP contribution in [0, 0.1) is 6.92 Å². The van der Waals surface area contributed by atoms with E-state index in [1.807, 2.05) is 0 Å². The highest BCUT2D eigenvalue weighted by molar-refractivity contribution is 6.31. The van der Waals surface area contributed by atoms with Crippen molar-refractivity contribution in [3.63, 3.8) is 0 Å². The zero-order valence-corrected chi connectivity index (χ0v) is 12.5. The van der Waals surface area contributed by atoms with Gasteiger partial charge in [0.15, 0.2) is 0 Å². The van der Waals surface area contributed by atoms with E-state index in [1.54, 1.807) is 13.0 Å². The number of aryl methyl sites for hydroxylation is 1. The third kappa shape index (κ3) is 2.23. The molecule has 0 spiro atoms. The number of anilines is 1. The third-order valence-corrected chi connectivity index (χ3v) is 3.92. The number of benzene rings is 1. The van der Waals surface area contributed by atoms with Gasteiger partial charge in [0.2, 0.25) is 11.8 Å². The van der Waals surface area contributed by atoms with Crippen LogP contribution in [0.1, 0.15) is 24.7 Å². The molecule has 0 aliphatic carbocycles. The van der Waals surface area contributed by atoms with Crippen molar-refractivity contribution in [3.8, 4) is 0 Å². The van der Waals surface area contributed by atoms with E-state index in [4.69, 9.17) is 17.3 Å². The van der Waals surface area contributed by atoms with E-state index in [1.165, 1.54) is 10.6 Å². The predicted molar refractivity (Wildman–Crippen MR) is 81.6 cm³/mol. The second-order valence-electron chi connectivity index (χ2n) is 5.19. The molecule has 0 unspecified atom stereocenters. The predicted octanol–water partition coefficient (Wildman–Crippen LogP) is 0.918. The summed E-state index contributed by atoms with van der Waals surface area (Å²) in [5.74, 6) is -0.476. The minimum atomic E-state index is -0.767. The van der Waals surface area contributed by atoms with Gasteiger partial charge in [-0.15, -0.1) is 0 Å². The standard InChI is InChI=1S/C14H13ClN4O3/c1-6-17-9-5-7(15)4-8(16)12(9)14(22)19(6)10-2-3-11(20)18-13(10)21/h4-5,10H,2-3,16H2,1H3,(H,18,20,21)/t10-/m0/s1. The van der Waals surface area contributed by atoms with E-state index in [-0.39, 0.29) is 29.8 Å². The fraction of sp³-hybridized carbons (Fsp3) is 0.286. The van der Waals surface area contributed by atoms with Crippen molar-refractivity contribution in [2.45, 2.75) is 25.8 Å². The average Bonchev–Trinajstić information content (AvgIpc) is 2.39. The van der Waals surface area contributed by atoms with E-state index >= 15 is 0 Å². The van der Waals surface area contributed by atoms with Crippen LogP contribution in [0.4, 0.5) is 5.69 Å². The number of nitrogens with two attached hydrogens (primary N) is 1. The molecule has 1 aliphatic rings. The molecule has 1 aromatic heterocycles. The molecule has 22 heavy (non-hydrogen) atoms. The summed E-state index contributed by atoms with van der Waals surface area (Å²) in [5.41, 5.74) is 6.05. The quantitative estimate of drug-likeness (QED) is 0.600. The number of nitrogens with zero attached hydrogens (tertiary/aromatic N) is 2. The van der Waals surface area contributed by atoms with Crippen LogP contribution in [0.15, 0.2) is 16.9 Å². The fourth-order valence-electron chi connectivity index (χ4n) is 2.73. The second kappa shape index (κ2) is 5.10. The number of fused-ring (bicyclic) bond motifs is 1. The van der Waals surface area contributed by atoms with Crippen molar-refractivity contribution in [2.75, 3.05) is 5.73 Å². The number of amides is 2. The molecule has 0 saturated carbocycles. The summed E-state index contributed by atoms with van der Waals surface area (Å²) in [4.78, 5) is 40.3. The largest absolute Gasteiger partial charge is 0.398 e. The number of nitrogens with one attached hydrogen (secondary N) is 1. The zero-order chi connectivity index (χ0) is 16.0. The first-order chi connectivity index (χ1) is 10.4. The molecule has 3 rings (SSSR count). The molecule has 3 N–H and O–H groups in total.